The zero-order chi connectivity index (χ0) is 13.7. The molecule has 3 rings (SSSR count). The first-order chi connectivity index (χ1) is 8.90. The Morgan fingerprint density at radius 2 is 1.95 bits per heavy atom. The summed E-state index contributed by atoms with van der Waals surface area (Å²) in [6.45, 7) is 9.01. The number of hydrogen-bond acceptors (Lipinski definition) is 3. The molecular weight excluding hydrogens is 238 g/mol. The van der Waals surface area contributed by atoms with Crippen LogP contribution in [-0.4, -0.2) is 39.5 Å². The van der Waals surface area contributed by atoms with Gasteiger partial charge >= 0.3 is 0 Å². The van der Waals surface area contributed by atoms with Crippen LogP contribution in [0.25, 0.3) is 0 Å². The lowest BCUT2D eigenvalue weighted by Crippen LogP contribution is -2.50. The van der Waals surface area contributed by atoms with Crippen LogP contribution in [0.1, 0.15) is 56.1 Å². The fourth-order valence-corrected chi connectivity index (χ4v) is 3.59. The van der Waals surface area contributed by atoms with E-state index in [0.717, 1.165) is 43.6 Å². The number of aromatic nitrogens is 2. The maximum atomic E-state index is 12.2. The number of H-pyrrole nitrogens is 1. The van der Waals surface area contributed by atoms with Crippen molar-refractivity contribution >= 4 is 5.78 Å². The summed E-state index contributed by atoms with van der Waals surface area (Å²) in [5.74, 6) is 0.253. The van der Waals surface area contributed by atoms with Crippen molar-refractivity contribution in [3.8, 4) is 0 Å². The summed E-state index contributed by atoms with van der Waals surface area (Å²) in [5, 5.41) is 6.88. The molecule has 4 heteroatoms. The van der Waals surface area contributed by atoms with E-state index in [0.29, 0.717) is 6.42 Å². The molecule has 1 spiro atoms. The van der Waals surface area contributed by atoms with Gasteiger partial charge in [-0.25, -0.2) is 0 Å². The third-order valence-corrected chi connectivity index (χ3v) is 4.87. The van der Waals surface area contributed by atoms with Crippen LogP contribution in [0.5, 0.6) is 0 Å². The first-order valence-electron chi connectivity index (χ1n) is 7.20. The van der Waals surface area contributed by atoms with Crippen LogP contribution < -0.4 is 0 Å². The number of aromatic amines is 1. The van der Waals surface area contributed by atoms with Crippen LogP contribution in [0, 0.1) is 5.41 Å². The van der Waals surface area contributed by atoms with Crippen LogP contribution in [0.3, 0.4) is 0 Å². The number of Topliss-reactive ketones (excluding diaryl/α,β-unsaturated/α-hetero) is 1. The molecule has 4 nitrogen and oxygen atoms in total. The number of nitrogens with zero attached hydrogens (tertiary/aromatic N) is 2. The number of carbonyl (C=O) groups is 1. The predicted octanol–water partition coefficient (Wildman–Crippen LogP) is 2.42. The summed E-state index contributed by atoms with van der Waals surface area (Å²) in [7, 11) is 0. The minimum Gasteiger partial charge on any atom is -0.298 e. The molecular formula is C15H23N3O. The molecule has 0 unspecified atom stereocenters. The minimum atomic E-state index is 0.190. The number of carbonyl (C=O) groups excluding carboxylic acids is 1. The van der Waals surface area contributed by atoms with E-state index in [2.05, 4.69) is 35.9 Å². The quantitative estimate of drug-likeness (QED) is 0.780. The van der Waals surface area contributed by atoms with Crippen molar-refractivity contribution in [1.82, 2.24) is 15.1 Å². The lowest BCUT2D eigenvalue weighted by atomic mass is 9.67. The van der Waals surface area contributed by atoms with E-state index in [9.17, 15) is 4.79 Å². The first kappa shape index (κ1) is 12.9. The molecule has 1 N–H and O–H groups in total. The SMILES string of the molecule is CC(C)(C)N1CCC2(CC1)CC(=O)c1[nH]ncc1C2. The highest BCUT2D eigenvalue weighted by molar-refractivity contribution is 5.97. The third kappa shape index (κ3) is 2.22. The Labute approximate surface area is 114 Å². The standard InChI is InChI=1S/C15H23N3O/c1-14(2,3)18-6-4-15(5-7-18)8-11-10-16-17-13(11)12(19)9-15/h10H,4-9H2,1-3H3,(H,16,17). The summed E-state index contributed by atoms with van der Waals surface area (Å²) >= 11 is 0. The monoisotopic (exact) mass is 261 g/mol. The van der Waals surface area contributed by atoms with Gasteiger partial charge in [0.05, 0.1) is 6.20 Å². The van der Waals surface area contributed by atoms with Gasteiger partial charge in [-0.3, -0.25) is 14.8 Å². The maximum Gasteiger partial charge on any atom is 0.181 e. The number of fused-ring (bicyclic) bond motifs is 1. The lowest BCUT2D eigenvalue weighted by Gasteiger charge is -2.47. The molecule has 0 atom stereocenters. The number of rotatable bonds is 0. The molecule has 1 fully saturated rings. The molecule has 0 aromatic carbocycles. The second kappa shape index (κ2) is 4.17. The van der Waals surface area contributed by atoms with Gasteiger partial charge in [-0.1, -0.05) is 0 Å². The second-order valence-corrected chi connectivity index (χ2v) is 7.20. The van der Waals surface area contributed by atoms with Gasteiger partial charge in [0.2, 0.25) is 0 Å². The Morgan fingerprint density at radius 3 is 2.58 bits per heavy atom. The smallest absolute Gasteiger partial charge is 0.181 e. The average molecular weight is 261 g/mol. The molecule has 0 amide bonds. The Bertz CT molecular complexity index is 490. The van der Waals surface area contributed by atoms with Gasteiger partial charge in [0.1, 0.15) is 5.69 Å². The molecule has 1 aliphatic heterocycles. The molecule has 2 aliphatic rings. The van der Waals surface area contributed by atoms with Crippen molar-refractivity contribution in [1.29, 1.82) is 0 Å². The number of nitrogens with one attached hydrogen (secondary N) is 1. The lowest BCUT2D eigenvalue weighted by molar-refractivity contribution is 0.0337. The van der Waals surface area contributed by atoms with Crippen molar-refractivity contribution < 1.29 is 4.79 Å². The zero-order valence-corrected chi connectivity index (χ0v) is 12.1. The Kier molecular flexibility index (Phi) is 2.82. The van der Waals surface area contributed by atoms with E-state index in [-0.39, 0.29) is 16.7 Å². The van der Waals surface area contributed by atoms with Gasteiger partial charge in [0.15, 0.2) is 5.78 Å². The van der Waals surface area contributed by atoms with E-state index < -0.39 is 0 Å². The molecule has 19 heavy (non-hydrogen) atoms. The van der Waals surface area contributed by atoms with Gasteiger partial charge in [0.25, 0.3) is 0 Å². The molecule has 1 aromatic rings. The van der Waals surface area contributed by atoms with Crippen molar-refractivity contribution in [3.05, 3.63) is 17.5 Å². The van der Waals surface area contributed by atoms with Crippen LogP contribution in [0.15, 0.2) is 6.20 Å². The van der Waals surface area contributed by atoms with Crippen molar-refractivity contribution in [2.45, 2.75) is 52.0 Å². The van der Waals surface area contributed by atoms with E-state index in [1.807, 2.05) is 6.20 Å². The Morgan fingerprint density at radius 1 is 1.26 bits per heavy atom. The molecule has 2 heterocycles. The topological polar surface area (TPSA) is 49.0 Å². The summed E-state index contributed by atoms with van der Waals surface area (Å²) in [5.41, 5.74) is 2.31. The predicted molar refractivity (Wildman–Crippen MR) is 74.2 cm³/mol. The molecule has 104 valence electrons. The van der Waals surface area contributed by atoms with Gasteiger partial charge in [-0.05, 0) is 58.5 Å². The minimum absolute atomic E-state index is 0.190. The highest BCUT2D eigenvalue weighted by atomic mass is 16.1. The summed E-state index contributed by atoms with van der Waals surface area (Å²) in [6, 6.07) is 0. The van der Waals surface area contributed by atoms with Crippen LogP contribution in [-0.2, 0) is 6.42 Å². The Balaban J connectivity index is 1.76. The maximum absolute atomic E-state index is 12.2. The molecule has 1 aliphatic carbocycles. The van der Waals surface area contributed by atoms with Crippen molar-refractivity contribution in [3.63, 3.8) is 0 Å². The fourth-order valence-electron chi connectivity index (χ4n) is 3.59. The summed E-state index contributed by atoms with van der Waals surface area (Å²) < 4.78 is 0. The van der Waals surface area contributed by atoms with E-state index in [1.54, 1.807) is 0 Å². The normalized spacial score (nSPS) is 23.6. The highest BCUT2D eigenvalue weighted by Gasteiger charge is 2.42. The largest absolute Gasteiger partial charge is 0.298 e. The zero-order valence-electron chi connectivity index (χ0n) is 12.1. The first-order valence-corrected chi connectivity index (χ1v) is 7.20. The summed E-state index contributed by atoms with van der Waals surface area (Å²) in [6.07, 6.45) is 5.80. The van der Waals surface area contributed by atoms with Gasteiger partial charge in [0, 0.05) is 17.5 Å². The molecule has 0 saturated carbocycles. The van der Waals surface area contributed by atoms with E-state index in [1.165, 1.54) is 0 Å². The van der Waals surface area contributed by atoms with Gasteiger partial charge < -0.3 is 0 Å². The second-order valence-electron chi connectivity index (χ2n) is 7.20. The number of likely N-dealkylation sites (tertiary alicyclic amines) is 1. The third-order valence-electron chi connectivity index (χ3n) is 4.87. The van der Waals surface area contributed by atoms with E-state index in [4.69, 9.17) is 0 Å². The van der Waals surface area contributed by atoms with Crippen molar-refractivity contribution in [2.75, 3.05) is 13.1 Å². The van der Waals surface area contributed by atoms with E-state index >= 15 is 0 Å². The number of hydrogen-bond donors (Lipinski definition) is 1. The van der Waals surface area contributed by atoms with Crippen molar-refractivity contribution in [2.24, 2.45) is 5.41 Å². The molecule has 1 aromatic heterocycles. The van der Waals surface area contributed by atoms with Gasteiger partial charge in [-0.15, -0.1) is 0 Å². The van der Waals surface area contributed by atoms with Crippen LogP contribution in [0.4, 0.5) is 0 Å². The van der Waals surface area contributed by atoms with Crippen LogP contribution >= 0.6 is 0 Å². The molecule has 0 radical (unpaired) electrons. The molecule has 0 bridgehead atoms. The fraction of sp³-hybridized carbons (Fsp3) is 0.733. The number of ketones is 1. The Hall–Kier alpha value is -1.16. The summed E-state index contributed by atoms with van der Waals surface area (Å²) in [4.78, 5) is 14.7. The van der Waals surface area contributed by atoms with Crippen LogP contribution in [0.2, 0.25) is 0 Å². The number of piperidine rings is 1. The molecule has 1 saturated heterocycles. The highest BCUT2D eigenvalue weighted by Crippen LogP contribution is 2.43. The van der Waals surface area contributed by atoms with Gasteiger partial charge in [-0.2, -0.15) is 5.10 Å². The average Bonchev–Trinajstić information content (AvgIpc) is 2.76.